The molecular formula is C13H22N2O2S. The van der Waals surface area contributed by atoms with Crippen molar-refractivity contribution in [1.82, 2.24) is 4.31 Å². The zero-order valence-electron chi connectivity index (χ0n) is 11.3. The van der Waals surface area contributed by atoms with Crippen LogP contribution >= 0.6 is 0 Å². The summed E-state index contributed by atoms with van der Waals surface area (Å²) in [4.78, 5) is 0.330. The van der Waals surface area contributed by atoms with Gasteiger partial charge in [-0.1, -0.05) is 13.8 Å². The molecule has 0 aliphatic rings. The summed E-state index contributed by atoms with van der Waals surface area (Å²) in [5, 5.41) is 0. The summed E-state index contributed by atoms with van der Waals surface area (Å²) >= 11 is 0. The number of hydrogen-bond acceptors (Lipinski definition) is 3. The predicted octanol–water partition coefficient (Wildman–Crippen LogP) is 2.39. The number of anilines is 1. The van der Waals surface area contributed by atoms with E-state index in [0.717, 1.165) is 18.4 Å². The summed E-state index contributed by atoms with van der Waals surface area (Å²) in [6, 6.07) is 4.87. The Balaban J connectivity index is 3.13. The largest absolute Gasteiger partial charge is 0.399 e. The van der Waals surface area contributed by atoms with Gasteiger partial charge in [-0.15, -0.1) is 0 Å². The smallest absolute Gasteiger partial charge is 0.243 e. The number of hydrogen-bond donors (Lipinski definition) is 1. The van der Waals surface area contributed by atoms with Gasteiger partial charge in [-0.2, -0.15) is 4.31 Å². The lowest BCUT2D eigenvalue weighted by Gasteiger charge is -2.21. The second-order valence-electron chi connectivity index (χ2n) is 4.42. The van der Waals surface area contributed by atoms with Gasteiger partial charge in [0.25, 0.3) is 0 Å². The molecule has 0 saturated heterocycles. The number of nitrogens with two attached hydrogens (primary N) is 1. The van der Waals surface area contributed by atoms with Crippen LogP contribution in [0.15, 0.2) is 23.1 Å². The molecule has 1 aromatic rings. The van der Waals surface area contributed by atoms with E-state index < -0.39 is 10.0 Å². The van der Waals surface area contributed by atoms with Gasteiger partial charge in [0.1, 0.15) is 0 Å². The molecule has 0 bridgehead atoms. The first kappa shape index (κ1) is 15.0. The van der Waals surface area contributed by atoms with Crippen molar-refractivity contribution in [3.05, 3.63) is 23.8 Å². The van der Waals surface area contributed by atoms with Crippen LogP contribution in [0.2, 0.25) is 0 Å². The van der Waals surface area contributed by atoms with Gasteiger partial charge in [0, 0.05) is 18.8 Å². The van der Waals surface area contributed by atoms with Crippen molar-refractivity contribution in [2.45, 2.75) is 38.5 Å². The Morgan fingerprint density at radius 3 is 2.17 bits per heavy atom. The highest BCUT2D eigenvalue weighted by atomic mass is 32.2. The molecule has 0 aliphatic carbocycles. The van der Waals surface area contributed by atoms with Gasteiger partial charge in [-0.3, -0.25) is 0 Å². The van der Waals surface area contributed by atoms with Crippen LogP contribution in [-0.2, 0) is 10.0 Å². The molecule has 0 heterocycles. The molecule has 0 amide bonds. The van der Waals surface area contributed by atoms with Crippen molar-refractivity contribution < 1.29 is 8.42 Å². The summed E-state index contributed by atoms with van der Waals surface area (Å²) in [5.41, 5.74) is 7.13. The zero-order valence-corrected chi connectivity index (χ0v) is 12.1. The number of rotatable bonds is 6. The van der Waals surface area contributed by atoms with Crippen LogP contribution in [0.25, 0.3) is 0 Å². The molecule has 0 radical (unpaired) electrons. The van der Waals surface area contributed by atoms with E-state index in [1.54, 1.807) is 18.2 Å². The Morgan fingerprint density at radius 1 is 1.17 bits per heavy atom. The molecule has 5 heteroatoms. The lowest BCUT2D eigenvalue weighted by molar-refractivity contribution is 0.410. The number of benzene rings is 1. The average Bonchev–Trinajstić information content (AvgIpc) is 2.32. The van der Waals surface area contributed by atoms with Gasteiger partial charge < -0.3 is 5.73 Å². The van der Waals surface area contributed by atoms with Crippen molar-refractivity contribution >= 4 is 15.7 Å². The number of nitrogens with zero attached hydrogens (tertiary/aromatic N) is 1. The van der Waals surface area contributed by atoms with Crippen molar-refractivity contribution in [3.8, 4) is 0 Å². The van der Waals surface area contributed by atoms with Crippen LogP contribution in [0.1, 0.15) is 32.3 Å². The molecule has 0 spiro atoms. The average molecular weight is 270 g/mol. The first-order valence-corrected chi connectivity index (χ1v) is 7.73. The summed E-state index contributed by atoms with van der Waals surface area (Å²) in [6.07, 6.45) is 1.63. The third-order valence-electron chi connectivity index (χ3n) is 2.83. The highest BCUT2D eigenvalue weighted by Gasteiger charge is 2.23. The van der Waals surface area contributed by atoms with E-state index in [2.05, 4.69) is 0 Å². The summed E-state index contributed by atoms with van der Waals surface area (Å²) in [7, 11) is -3.39. The molecule has 1 aromatic carbocycles. The fraction of sp³-hybridized carbons (Fsp3) is 0.538. The van der Waals surface area contributed by atoms with Crippen molar-refractivity contribution in [1.29, 1.82) is 0 Å². The van der Waals surface area contributed by atoms with Crippen molar-refractivity contribution in [2.75, 3.05) is 18.8 Å². The lowest BCUT2D eigenvalue weighted by atomic mass is 10.2. The predicted molar refractivity (Wildman–Crippen MR) is 74.9 cm³/mol. The SMILES string of the molecule is CCCN(CCC)S(=O)(=O)c1ccc(N)c(C)c1. The molecule has 0 aliphatic heterocycles. The van der Waals surface area contributed by atoms with E-state index in [-0.39, 0.29) is 0 Å². The standard InChI is InChI=1S/C13H22N2O2S/c1-4-8-15(9-5-2)18(16,17)12-6-7-13(14)11(3)10-12/h6-7,10H,4-5,8-9,14H2,1-3H3. The molecule has 0 atom stereocenters. The molecular weight excluding hydrogens is 248 g/mol. The van der Waals surface area contributed by atoms with Gasteiger partial charge in [0.15, 0.2) is 0 Å². The van der Waals surface area contributed by atoms with Crippen LogP contribution in [0.3, 0.4) is 0 Å². The normalized spacial score (nSPS) is 12.0. The number of sulfonamides is 1. The van der Waals surface area contributed by atoms with Crippen LogP contribution < -0.4 is 5.73 Å². The van der Waals surface area contributed by atoms with Crippen molar-refractivity contribution in [2.24, 2.45) is 0 Å². The Kier molecular flexibility index (Phi) is 5.16. The maximum absolute atomic E-state index is 12.5. The Morgan fingerprint density at radius 2 is 1.72 bits per heavy atom. The maximum Gasteiger partial charge on any atom is 0.243 e. The molecule has 0 saturated carbocycles. The third-order valence-corrected chi connectivity index (χ3v) is 4.72. The van der Waals surface area contributed by atoms with E-state index in [1.807, 2.05) is 20.8 Å². The fourth-order valence-electron chi connectivity index (χ4n) is 1.81. The van der Waals surface area contributed by atoms with Crippen molar-refractivity contribution in [3.63, 3.8) is 0 Å². The third kappa shape index (κ3) is 3.23. The van der Waals surface area contributed by atoms with Gasteiger partial charge in [0.2, 0.25) is 10.0 Å². The van der Waals surface area contributed by atoms with E-state index in [9.17, 15) is 8.42 Å². The van der Waals surface area contributed by atoms with Gasteiger partial charge >= 0.3 is 0 Å². The minimum Gasteiger partial charge on any atom is -0.399 e. The van der Waals surface area contributed by atoms with E-state index in [4.69, 9.17) is 5.73 Å². The second kappa shape index (κ2) is 6.20. The van der Waals surface area contributed by atoms with Crippen LogP contribution in [0.4, 0.5) is 5.69 Å². The second-order valence-corrected chi connectivity index (χ2v) is 6.36. The molecule has 18 heavy (non-hydrogen) atoms. The molecule has 102 valence electrons. The summed E-state index contributed by atoms with van der Waals surface area (Å²) in [5.74, 6) is 0. The summed E-state index contributed by atoms with van der Waals surface area (Å²) in [6.45, 7) is 6.89. The number of nitrogen functional groups attached to an aromatic ring is 1. The molecule has 0 aromatic heterocycles. The van der Waals surface area contributed by atoms with Gasteiger partial charge in [-0.25, -0.2) is 8.42 Å². The molecule has 1 rings (SSSR count). The minimum absolute atomic E-state index is 0.330. The quantitative estimate of drug-likeness (QED) is 0.807. The zero-order chi connectivity index (χ0) is 13.8. The topological polar surface area (TPSA) is 63.4 Å². The Bertz CT molecular complexity index is 492. The molecule has 2 N–H and O–H groups in total. The molecule has 4 nitrogen and oxygen atoms in total. The lowest BCUT2D eigenvalue weighted by Crippen LogP contribution is -2.32. The first-order chi connectivity index (χ1) is 8.43. The summed E-state index contributed by atoms with van der Waals surface area (Å²) < 4.78 is 26.5. The highest BCUT2D eigenvalue weighted by Crippen LogP contribution is 2.20. The van der Waals surface area contributed by atoms with Crippen LogP contribution in [-0.4, -0.2) is 25.8 Å². The fourth-order valence-corrected chi connectivity index (χ4v) is 3.52. The van der Waals surface area contributed by atoms with Gasteiger partial charge in [-0.05, 0) is 43.5 Å². The minimum atomic E-state index is -3.39. The highest BCUT2D eigenvalue weighted by molar-refractivity contribution is 7.89. The van der Waals surface area contributed by atoms with Gasteiger partial charge in [0.05, 0.1) is 4.90 Å². The van der Waals surface area contributed by atoms with Crippen LogP contribution in [0, 0.1) is 6.92 Å². The van der Waals surface area contributed by atoms with E-state index >= 15 is 0 Å². The monoisotopic (exact) mass is 270 g/mol. The van der Waals surface area contributed by atoms with E-state index in [0.29, 0.717) is 23.7 Å². The first-order valence-electron chi connectivity index (χ1n) is 6.29. The Labute approximate surface area is 110 Å². The number of aryl methyl sites for hydroxylation is 1. The maximum atomic E-state index is 12.5. The van der Waals surface area contributed by atoms with Crippen LogP contribution in [0.5, 0.6) is 0 Å². The molecule has 0 fully saturated rings. The molecule has 0 unspecified atom stereocenters. The van der Waals surface area contributed by atoms with E-state index in [1.165, 1.54) is 4.31 Å². The Hall–Kier alpha value is -1.07.